The van der Waals surface area contributed by atoms with Crippen LogP contribution in [0.15, 0.2) is 77.7 Å². The van der Waals surface area contributed by atoms with Crippen LogP contribution >= 0.6 is 11.3 Å². The Hall–Kier alpha value is -3.22. The van der Waals surface area contributed by atoms with Crippen LogP contribution in [0.1, 0.15) is 22.3 Å². The van der Waals surface area contributed by atoms with Crippen molar-refractivity contribution in [3.05, 3.63) is 89.7 Å². The highest BCUT2D eigenvalue weighted by Crippen LogP contribution is 2.31. The summed E-state index contributed by atoms with van der Waals surface area (Å²) in [5, 5.41) is 0.479. The van der Waals surface area contributed by atoms with Crippen molar-refractivity contribution in [1.29, 1.82) is 0 Å². The third-order valence-corrected chi connectivity index (χ3v) is 9.69. The average molecular weight is 583 g/mol. The lowest BCUT2D eigenvalue weighted by Gasteiger charge is -2.27. The summed E-state index contributed by atoms with van der Waals surface area (Å²) in [6.07, 6.45) is 0.715. The number of fused-ring (bicyclic) bond motifs is 1. The monoisotopic (exact) mass is 582 g/mol. The molecule has 5 rings (SSSR count). The molecule has 210 valence electrons. The van der Waals surface area contributed by atoms with E-state index in [0.29, 0.717) is 47.1 Å². The number of sulfonamides is 1. The highest BCUT2D eigenvalue weighted by Gasteiger charge is 2.25. The topological polar surface area (TPSA) is 83.1 Å². The van der Waals surface area contributed by atoms with Gasteiger partial charge in [-0.2, -0.15) is 4.31 Å². The molecule has 0 saturated carbocycles. The SMILES string of the molecule is CN(Cc1ccccc1)S(=O)(=O)c1ccc(C(=O)N(CCCN2CCOCC2)c2nc3ccc(F)cc3s2)cc1. The molecule has 0 bridgehead atoms. The summed E-state index contributed by atoms with van der Waals surface area (Å²) >= 11 is 1.26. The zero-order valence-electron chi connectivity index (χ0n) is 22.2. The number of anilines is 1. The minimum Gasteiger partial charge on any atom is -0.379 e. The molecule has 1 aliphatic rings. The lowest BCUT2D eigenvalue weighted by Crippen LogP contribution is -2.39. The second-order valence-corrected chi connectivity index (χ2v) is 12.7. The van der Waals surface area contributed by atoms with Gasteiger partial charge in [0.1, 0.15) is 5.82 Å². The maximum Gasteiger partial charge on any atom is 0.260 e. The Bertz CT molecular complexity index is 1560. The largest absolute Gasteiger partial charge is 0.379 e. The average Bonchev–Trinajstić information content (AvgIpc) is 3.39. The first-order valence-corrected chi connectivity index (χ1v) is 15.4. The molecule has 0 aliphatic carbocycles. The first-order chi connectivity index (χ1) is 19.3. The van der Waals surface area contributed by atoms with Crippen molar-refractivity contribution in [2.45, 2.75) is 17.9 Å². The van der Waals surface area contributed by atoms with Gasteiger partial charge in [-0.05, 0) is 54.4 Å². The van der Waals surface area contributed by atoms with Crippen LogP contribution in [0.4, 0.5) is 9.52 Å². The number of hydrogen-bond acceptors (Lipinski definition) is 7. The van der Waals surface area contributed by atoms with E-state index < -0.39 is 10.0 Å². The van der Waals surface area contributed by atoms with Gasteiger partial charge in [-0.1, -0.05) is 41.7 Å². The molecule has 11 heteroatoms. The Morgan fingerprint density at radius 3 is 2.50 bits per heavy atom. The number of amides is 1. The van der Waals surface area contributed by atoms with Crippen molar-refractivity contribution < 1.29 is 22.3 Å². The number of halogens is 1. The zero-order chi connectivity index (χ0) is 28.1. The molecule has 0 N–H and O–H groups in total. The molecule has 0 spiro atoms. The third-order valence-electron chi connectivity index (χ3n) is 6.83. The molecule has 4 aromatic rings. The van der Waals surface area contributed by atoms with E-state index in [1.807, 2.05) is 30.3 Å². The molecule has 1 fully saturated rings. The second-order valence-electron chi connectivity index (χ2n) is 9.64. The van der Waals surface area contributed by atoms with E-state index in [1.54, 1.807) is 11.0 Å². The van der Waals surface area contributed by atoms with Crippen molar-refractivity contribution in [2.24, 2.45) is 0 Å². The van der Waals surface area contributed by atoms with Gasteiger partial charge in [0.15, 0.2) is 5.13 Å². The standard InChI is InChI=1S/C29H31FN4O4S2/c1-32(21-22-6-3-2-4-7-22)40(36,37)25-11-8-23(9-12-25)28(35)34(15-5-14-33-16-18-38-19-17-33)29-31-26-13-10-24(30)20-27(26)39-29/h2-4,6-13,20H,5,14-19,21H2,1H3. The lowest BCUT2D eigenvalue weighted by molar-refractivity contribution is 0.0376. The van der Waals surface area contributed by atoms with Gasteiger partial charge in [-0.3, -0.25) is 14.6 Å². The fourth-order valence-corrected chi connectivity index (χ4v) is 6.77. The van der Waals surface area contributed by atoms with Crippen LogP contribution in [0.3, 0.4) is 0 Å². The molecule has 1 aliphatic heterocycles. The number of rotatable bonds is 10. The van der Waals surface area contributed by atoms with Crippen LogP contribution in [0.5, 0.6) is 0 Å². The van der Waals surface area contributed by atoms with Crippen molar-refractivity contribution >= 4 is 42.6 Å². The highest BCUT2D eigenvalue weighted by atomic mass is 32.2. The molecule has 0 unspecified atom stereocenters. The molecule has 1 saturated heterocycles. The summed E-state index contributed by atoms with van der Waals surface area (Å²) in [6.45, 7) is 4.55. The van der Waals surface area contributed by atoms with Crippen molar-refractivity contribution in [3.63, 3.8) is 0 Å². The fourth-order valence-electron chi connectivity index (χ4n) is 4.59. The third kappa shape index (κ3) is 6.56. The Morgan fingerprint density at radius 1 is 1.05 bits per heavy atom. The number of carbonyl (C=O) groups is 1. The van der Waals surface area contributed by atoms with Gasteiger partial charge < -0.3 is 4.74 Å². The molecule has 3 aromatic carbocycles. The summed E-state index contributed by atoms with van der Waals surface area (Å²) in [6, 6.07) is 19.7. The summed E-state index contributed by atoms with van der Waals surface area (Å²) in [4.78, 5) is 22.3. The Labute approximate surface area is 237 Å². The van der Waals surface area contributed by atoms with Gasteiger partial charge in [0.05, 0.1) is 28.3 Å². The first-order valence-electron chi connectivity index (χ1n) is 13.1. The van der Waals surface area contributed by atoms with Crippen LogP contribution < -0.4 is 4.90 Å². The van der Waals surface area contributed by atoms with Gasteiger partial charge in [0.2, 0.25) is 10.0 Å². The number of thiazole rings is 1. The summed E-state index contributed by atoms with van der Waals surface area (Å²) in [7, 11) is -2.22. The van der Waals surface area contributed by atoms with E-state index in [0.717, 1.165) is 25.2 Å². The number of morpholine rings is 1. The van der Waals surface area contributed by atoms with Crippen molar-refractivity contribution in [2.75, 3.05) is 51.3 Å². The van der Waals surface area contributed by atoms with Gasteiger partial charge in [0.25, 0.3) is 5.91 Å². The molecular formula is C29H31FN4O4S2. The molecule has 1 aromatic heterocycles. The second kappa shape index (κ2) is 12.5. The normalized spacial score (nSPS) is 14.6. The van der Waals surface area contributed by atoms with E-state index >= 15 is 0 Å². The fraction of sp³-hybridized carbons (Fsp3) is 0.310. The van der Waals surface area contributed by atoms with Crippen LogP contribution in [0.2, 0.25) is 0 Å². The van der Waals surface area contributed by atoms with E-state index in [9.17, 15) is 17.6 Å². The van der Waals surface area contributed by atoms with Crippen LogP contribution in [0, 0.1) is 5.82 Å². The molecule has 1 amide bonds. The van der Waals surface area contributed by atoms with Crippen molar-refractivity contribution in [1.82, 2.24) is 14.2 Å². The van der Waals surface area contributed by atoms with Crippen LogP contribution in [-0.4, -0.2) is 75.0 Å². The summed E-state index contributed by atoms with van der Waals surface area (Å²) in [5.41, 5.74) is 1.85. The smallest absolute Gasteiger partial charge is 0.260 e. The Morgan fingerprint density at radius 2 is 1.77 bits per heavy atom. The van der Waals surface area contributed by atoms with Gasteiger partial charge in [-0.15, -0.1) is 0 Å². The predicted octanol–water partition coefficient (Wildman–Crippen LogP) is 4.63. The van der Waals surface area contributed by atoms with Crippen LogP contribution in [-0.2, 0) is 21.3 Å². The molecule has 2 heterocycles. The molecular weight excluding hydrogens is 551 g/mol. The van der Waals surface area contributed by atoms with E-state index in [2.05, 4.69) is 9.88 Å². The van der Waals surface area contributed by atoms with Gasteiger partial charge in [0, 0.05) is 45.3 Å². The van der Waals surface area contributed by atoms with E-state index in [1.165, 1.54) is 59.1 Å². The lowest BCUT2D eigenvalue weighted by atomic mass is 10.2. The number of hydrogen-bond donors (Lipinski definition) is 0. The van der Waals surface area contributed by atoms with E-state index in [4.69, 9.17) is 4.74 Å². The first kappa shape index (κ1) is 28.3. The maximum atomic E-state index is 13.8. The minimum absolute atomic E-state index is 0.108. The number of nitrogens with zero attached hydrogens (tertiary/aromatic N) is 4. The van der Waals surface area contributed by atoms with Gasteiger partial charge in [-0.25, -0.2) is 17.8 Å². The Balaban J connectivity index is 1.35. The summed E-state index contributed by atoms with van der Waals surface area (Å²) in [5.74, 6) is -0.648. The number of ether oxygens (including phenoxy) is 1. The van der Waals surface area contributed by atoms with Crippen LogP contribution in [0.25, 0.3) is 10.2 Å². The molecule has 0 radical (unpaired) electrons. The van der Waals surface area contributed by atoms with Crippen molar-refractivity contribution in [3.8, 4) is 0 Å². The number of aromatic nitrogens is 1. The highest BCUT2D eigenvalue weighted by molar-refractivity contribution is 7.89. The maximum absolute atomic E-state index is 13.8. The quantitative estimate of drug-likeness (QED) is 0.271. The number of benzene rings is 3. The Kier molecular flexibility index (Phi) is 8.87. The molecule has 40 heavy (non-hydrogen) atoms. The molecule has 8 nitrogen and oxygen atoms in total. The predicted molar refractivity (Wildman–Crippen MR) is 155 cm³/mol. The van der Waals surface area contributed by atoms with E-state index in [-0.39, 0.29) is 23.2 Å². The zero-order valence-corrected chi connectivity index (χ0v) is 23.8. The minimum atomic E-state index is -3.75. The molecule has 0 atom stereocenters. The number of carbonyl (C=O) groups excluding carboxylic acids is 1. The summed E-state index contributed by atoms with van der Waals surface area (Å²) < 4.78 is 47.5. The van der Waals surface area contributed by atoms with Gasteiger partial charge >= 0.3 is 0 Å².